The molecule has 0 radical (unpaired) electrons. The molecule has 0 aliphatic carbocycles. The maximum absolute atomic E-state index is 14.1. The second kappa shape index (κ2) is 6.00. The van der Waals surface area contributed by atoms with Crippen LogP contribution in [0.2, 0.25) is 0 Å². The molecule has 1 unspecified atom stereocenters. The molecule has 2 aliphatic rings. The van der Waals surface area contributed by atoms with E-state index in [4.69, 9.17) is 0 Å². The Labute approximate surface area is 133 Å². The fourth-order valence-electron chi connectivity index (χ4n) is 3.20. The van der Waals surface area contributed by atoms with Crippen LogP contribution in [0.4, 0.5) is 15.9 Å². The van der Waals surface area contributed by atoms with Gasteiger partial charge in [-0.2, -0.15) is 4.31 Å². The van der Waals surface area contributed by atoms with E-state index in [-0.39, 0.29) is 17.6 Å². The summed E-state index contributed by atoms with van der Waals surface area (Å²) < 4.78 is 39.7. The zero-order valence-corrected chi connectivity index (χ0v) is 13.2. The highest BCUT2D eigenvalue weighted by Crippen LogP contribution is 2.28. The van der Waals surface area contributed by atoms with E-state index in [1.54, 1.807) is 4.90 Å². The van der Waals surface area contributed by atoms with Gasteiger partial charge in [0.1, 0.15) is 6.20 Å². The van der Waals surface area contributed by atoms with E-state index in [0.29, 0.717) is 26.1 Å². The van der Waals surface area contributed by atoms with Gasteiger partial charge in [-0.3, -0.25) is 10.1 Å². The van der Waals surface area contributed by atoms with Gasteiger partial charge in [-0.05, 0) is 19.3 Å². The van der Waals surface area contributed by atoms with Crippen LogP contribution in [0, 0.1) is 15.9 Å². The van der Waals surface area contributed by atoms with Crippen molar-refractivity contribution in [3.05, 3.63) is 28.2 Å². The molecule has 1 aromatic rings. The van der Waals surface area contributed by atoms with Crippen molar-refractivity contribution in [1.29, 1.82) is 0 Å². The highest BCUT2D eigenvalue weighted by Gasteiger charge is 2.37. The Morgan fingerprint density at radius 2 is 2.13 bits per heavy atom. The van der Waals surface area contributed by atoms with E-state index in [2.05, 4.69) is 4.98 Å². The van der Waals surface area contributed by atoms with E-state index in [0.717, 1.165) is 25.1 Å². The summed E-state index contributed by atoms with van der Waals surface area (Å²) in [5.41, 5.74) is -0.401. The molecule has 0 amide bonds. The Bertz CT molecular complexity index is 727. The SMILES string of the molecule is O=[N+]([O-])c1cnc(N2CCCC(N3CCCS3(=O)=O)C2)c(F)c1. The van der Waals surface area contributed by atoms with Crippen LogP contribution in [0.15, 0.2) is 12.3 Å². The molecule has 0 saturated carbocycles. The van der Waals surface area contributed by atoms with E-state index in [1.807, 2.05) is 0 Å². The molecule has 0 N–H and O–H groups in total. The standard InChI is InChI=1S/C13H17FN4O4S/c14-12-7-11(18(19)20)8-15-13(12)16-4-1-3-10(9-16)17-5-2-6-23(17,21)22/h7-8,10H,1-6,9H2. The lowest BCUT2D eigenvalue weighted by molar-refractivity contribution is -0.385. The smallest absolute Gasteiger partial charge is 0.290 e. The third-order valence-electron chi connectivity index (χ3n) is 4.26. The molecule has 0 aromatic carbocycles. The average molecular weight is 344 g/mol. The first-order valence-corrected chi connectivity index (χ1v) is 9.04. The van der Waals surface area contributed by atoms with Crippen LogP contribution in [-0.2, 0) is 10.0 Å². The van der Waals surface area contributed by atoms with Gasteiger partial charge in [-0.1, -0.05) is 0 Å². The zero-order valence-electron chi connectivity index (χ0n) is 12.4. The highest BCUT2D eigenvalue weighted by atomic mass is 32.2. The fraction of sp³-hybridized carbons (Fsp3) is 0.615. The quantitative estimate of drug-likeness (QED) is 0.602. The summed E-state index contributed by atoms with van der Waals surface area (Å²) >= 11 is 0. The lowest BCUT2D eigenvalue weighted by Gasteiger charge is -2.37. The number of rotatable bonds is 3. The zero-order chi connectivity index (χ0) is 16.6. The van der Waals surface area contributed by atoms with Gasteiger partial charge in [0.2, 0.25) is 10.0 Å². The first-order chi connectivity index (χ1) is 10.9. The summed E-state index contributed by atoms with van der Waals surface area (Å²) in [5, 5.41) is 10.7. The van der Waals surface area contributed by atoms with Crippen molar-refractivity contribution in [2.75, 3.05) is 30.3 Å². The molecule has 8 nitrogen and oxygen atoms in total. The summed E-state index contributed by atoms with van der Waals surface area (Å²) in [4.78, 5) is 15.5. The number of hydrogen-bond acceptors (Lipinski definition) is 6. The van der Waals surface area contributed by atoms with E-state index in [1.165, 1.54) is 4.31 Å². The summed E-state index contributed by atoms with van der Waals surface area (Å²) in [6.45, 7) is 1.39. The van der Waals surface area contributed by atoms with Crippen molar-refractivity contribution >= 4 is 21.5 Å². The molecular formula is C13H17FN4O4S. The summed E-state index contributed by atoms with van der Waals surface area (Å²) in [6, 6.07) is 0.645. The molecule has 2 fully saturated rings. The monoisotopic (exact) mass is 344 g/mol. The second-order valence-electron chi connectivity index (χ2n) is 5.78. The third kappa shape index (κ3) is 3.13. The molecule has 2 saturated heterocycles. The van der Waals surface area contributed by atoms with Crippen molar-refractivity contribution in [2.24, 2.45) is 0 Å². The number of aromatic nitrogens is 1. The Balaban J connectivity index is 1.80. The number of pyridine rings is 1. The van der Waals surface area contributed by atoms with Gasteiger partial charge >= 0.3 is 0 Å². The predicted molar refractivity (Wildman–Crippen MR) is 81.2 cm³/mol. The molecule has 3 rings (SSSR count). The number of hydrogen-bond donors (Lipinski definition) is 0. The maximum Gasteiger partial charge on any atom is 0.290 e. The van der Waals surface area contributed by atoms with Crippen LogP contribution in [0.3, 0.4) is 0 Å². The molecule has 2 aliphatic heterocycles. The lowest BCUT2D eigenvalue weighted by atomic mass is 10.1. The van der Waals surface area contributed by atoms with E-state index >= 15 is 0 Å². The molecule has 0 spiro atoms. The van der Waals surface area contributed by atoms with Gasteiger partial charge in [0, 0.05) is 25.7 Å². The van der Waals surface area contributed by atoms with Crippen LogP contribution in [0.5, 0.6) is 0 Å². The Kier molecular flexibility index (Phi) is 4.19. The van der Waals surface area contributed by atoms with E-state index < -0.39 is 26.5 Å². The Morgan fingerprint density at radius 3 is 2.74 bits per heavy atom. The van der Waals surface area contributed by atoms with Crippen molar-refractivity contribution in [1.82, 2.24) is 9.29 Å². The number of halogens is 1. The second-order valence-corrected chi connectivity index (χ2v) is 7.82. The van der Waals surface area contributed by atoms with Gasteiger partial charge in [-0.25, -0.2) is 17.8 Å². The third-order valence-corrected chi connectivity index (χ3v) is 6.26. The van der Waals surface area contributed by atoms with Crippen LogP contribution < -0.4 is 4.90 Å². The van der Waals surface area contributed by atoms with Crippen molar-refractivity contribution in [2.45, 2.75) is 25.3 Å². The van der Waals surface area contributed by atoms with Crippen molar-refractivity contribution < 1.29 is 17.7 Å². The van der Waals surface area contributed by atoms with Gasteiger partial charge in [0.25, 0.3) is 5.69 Å². The predicted octanol–water partition coefficient (Wildman–Crippen LogP) is 1.13. The lowest BCUT2D eigenvalue weighted by Crippen LogP contribution is -2.49. The molecule has 126 valence electrons. The minimum atomic E-state index is -3.22. The maximum atomic E-state index is 14.1. The molecule has 1 aromatic heterocycles. The molecule has 0 bridgehead atoms. The number of nitrogens with zero attached hydrogens (tertiary/aromatic N) is 4. The Hall–Kier alpha value is -1.81. The molecule has 1 atom stereocenters. The Morgan fingerprint density at radius 1 is 1.35 bits per heavy atom. The first-order valence-electron chi connectivity index (χ1n) is 7.43. The number of piperidine rings is 1. The molecular weight excluding hydrogens is 327 g/mol. The summed E-state index contributed by atoms with van der Waals surface area (Å²) in [5.74, 6) is -0.561. The number of nitro groups is 1. The molecule has 3 heterocycles. The molecule has 23 heavy (non-hydrogen) atoms. The minimum Gasteiger partial charge on any atom is -0.353 e. The average Bonchev–Trinajstić information content (AvgIpc) is 2.86. The topological polar surface area (TPSA) is 96.7 Å². The van der Waals surface area contributed by atoms with Gasteiger partial charge < -0.3 is 4.90 Å². The van der Waals surface area contributed by atoms with Gasteiger partial charge in [0.15, 0.2) is 11.6 Å². The summed E-state index contributed by atoms with van der Waals surface area (Å²) in [7, 11) is -3.22. The number of sulfonamides is 1. The van der Waals surface area contributed by atoms with Crippen LogP contribution >= 0.6 is 0 Å². The van der Waals surface area contributed by atoms with E-state index in [9.17, 15) is 22.9 Å². The largest absolute Gasteiger partial charge is 0.353 e. The minimum absolute atomic E-state index is 0.0388. The van der Waals surface area contributed by atoms with Crippen molar-refractivity contribution in [3.63, 3.8) is 0 Å². The summed E-state index contributed by atoms with van der Waals surface area (Å²) in [6.07, 6.45) is 3.08. The highest BCUT2D eigenvalue weighted by molar-refractivity contribution is 7.89. The first kappa shape index (κ1) is 16.1. The van der Waals surface area contributed by atoms with Crippen LogP contribution in [-0.4, -0.2) is 54.1 Å². The van der Waals surface area contributed by atoms with Gasteiger partial charge in [-0.15, -0.1) is 0 Å². The normalized spacial score (nSPS) is 24.7. The van der Waals surface area contributed by atoms with Crippen LogP contribution in [0.25, 0.3) is 0 Å². The fourth-order valence-corrected chi connectivity index (χ4v) is 4.97. The number of anilines is 1. The van der Waals surface area contributed by atoms with Crippen molar-refractivity contribution in [3.8, 4) is 0 Å². The van der Waals surface area contributed by atoms with Crippen LogP contribution in [0.1, 0.15) is 19.3 Å². The van der Waals surface area contributed by atoms with Gasteiger partial charge in [0.05, 0.1) is 16.7 Å². The molecule has 10 heteroatoms.